The number of aromatic amines is 1. The van der Waals surface area contributed by atoms with Gasteiger partial charge >= 0.3 is 5.97 Å². The number of ether oxygens (including phenoxy) is 1. The van der Waals surface area contributed by atoms with E-state index >= 15 is 0 Å². The summed E-state index contributed by atoms with van der Waals surface area (Å²) in [6, 6.07) is 7.55. The Balaban J connectivity index is 1.69. The fourth-order valence-electron chi connectivity index (χ4n) is 2.97. The molecule has 1 aromatic carbocycles. The number of esters is 1. The first-order valence-electron chi connectivity index (χ1n) is 9.74. The second-order valence-corrected chi connectivity index (χ2v) is 7.41. The fraction of sp³-hybridized carbons (Fsp3) is 0.476. The van der Waals surface area contributed by atoms with Crippen LogP contribution in [0.5, 0.6) is 0 Å². The Kier molecular flexibility index (Phi) is 9.07. The van der Waals surface area contributed by atoms with Gasteiger partial charge in [0, 0.05) is 29.4 Å². The highest BCUT2D eigenvalue weighted by Crippen LogP contribution is 2.19. The van der Waals surface area contributed by atoms with Crippen molar-refractivity contribution >= 4 is 39.6 Å². The van der Waals surface area contributed by atoms with Crippen LogP contribution < -0.4 is 5.32 Å². The van der Waals surface area contributed by atoms with E-state index < -0.39 is 0 Å². The van der Waals surface area contributed by atoms with Crippen molar-refractivity contribution in [3.05, 3.63) is 35.5 Å². The Bertz CT molecular complexity index is 816. The van der Waals surface area contributed by atoms with Crippen molar-refractivity contribution in [2.75, 3.05) is 19.4 Å². The molecule has 1 amide bonds. The third kappa shape index (κ3) is 6.71. The summed E-state index contributed by atoms with van der Waals surface area (Å²) in [6.45, 7) is 2.89. The molecule has 2 rings (SSSR count). The average Bonchev–Trinajstić information content (AvgIpc) is 3.12. The van der Waals surface area contributed by atoms with Crippen molar-refractivity contribution < 1.29 is 14.3 Å². The minimum absolute atomic E-state index is 0.111. The van der Waals surface area contributed by atoms with Gasteiger partial charge in [-0.1, -0.05) is 25.3 Å². The average molecular weight is 404 g/mol. The van der Waals surface area contributed by atoms with Crippen LogP contribution in [0.4, 0.5) is 0 Å². The van der Waals surface area contributed by atoms with Crippen molar-refractivity contribution in [1.29, 1.82) is 5.41 Å². The number of rotatable bonds is 11. The highest BCUT2D eigenvalue weighted by atomic mass is 32.2. The predicted octanol–water partition coefficient (Wildman–Crippen LogP) is 4.49. The van der Waals surface area contributed by atoms with Gasteiger partial charge in [0.25, 0.3) is 5.91 Å². The Hall–Kier alpha value is -2.28. The summed E-state index contributed by atoms with van der Waals surface area (Å²) in [7, 11) is 0. The number of thioether (sulfide) groups is 1. The minimum Gasteiger partial charge on any atom is -0.466 e. The summed E-state index contributed by atoms with van der Waals surface area (Å²) in [5.41, 5.74) is 2.29. The number of carbonyl (C=O) groups excluding carboxylic acids is 2. The maximum atomic E-state index is 12.3. The van der Waals surface area contributed by atoms with Crippen molar-refractivity contribution in [1.82, 2.24) is 10.3 Å². The van der Waals surface area contributed by atoms with Crippen molar-refractivity contribution in [3.8, 4) is 0 Å². The maximum Gasteiger partial charge on any atom is 0.305 e. The Morgan fingerprint density at radius 1 is 1.14 bits per heavy atom. The Morgan fingerprint density at radius 2 is 1.89 bits per heavy atom. The number of hydrogen-bond acceptors (Lipinski definition) is 5. The molecule has 0 bridgehead atoms. The number of aromatic nitrogens is 1. The maximum absolute atomic E-state index is 12.3. The smallest absolute Gasteiger partial charge is 0.305 e. The van der Waals surface area contributed by atoms with Crippen molar-refractivity contribution in [2.24, 2.45) is 0 Å². The number of hydrogen-bond donors (Lipinski definition) is 3. The molecule has 0 saturated heterocycles. The molecule has 28 heavy (non-hydrogen) atoms. The Labute approximate surface area is 170 Å². The predicted molar refractivity (Wildman–Crippen MR) is 115 cm³/mol. The summed E-state index contributed by atoms with van der Waals surface area (Å²) < 4.78 is 4.90. The first-order chi connectivity index (χ1) is 13.5. The van der Waals surface area contributed by atoms with Gasteiger partial charge in [0.15, 0.2) is 0 Å². The molecule has 0 fully saturated rings. The van der Waals surface area contributed by atoms with Crippen LogP contribution in [0.25, 0.3) is 10.9 Å². The van der Waals surface area contributed by atoms with E-state index in [0.29, 0.717) is 30.3 Å². The van der Waals surface area contributed by atoms with E-state index in [4.69, 9.17) is 10.1 Å². The number of unbranched alkanes of at least 4 members (excludes halogenated alkanes) is 4. The normalized spacial score (nSPS) is 10.8. The van der Waals surface area contributed by atoms with Crippen molar-refractivity contribution in [3.63, 3.8) is 0 Å². The van der Waals surface area contributed by atoms with E-state index in [1.165, 1.54) is 11.8 Å². The molecular weight excluding hydrogens is 374 g/mol. The van der Waals surface area contributed by atoms with Crippen LogP contribution in [0, 0.1) is 5.41 Å². The summed E-state index contributed by atoms with van der Waals surface area (Å²) in [4.78, 5) is 26.7. The fourth-order valence-corrected chi connectivity index (χ4v) is 3.33. The monoisotopic (exact) mass is 403 g/mol. The molecule has 0 saturated carbocycles. The van der Waals surface area contributed by atoms with Gasteiger partial charge in [0.2, 0.25) is 0 Å². The lowest BCUT2D eigenvalue weighted by molar-refractivity contribution is -0.143. The van der Waals surface area contributed by atoms with Crippen molar-refractivity contribution in [2.45, 2.75) is 45.4 Å². The molecule has 7 heteroatoms. The highest BCUT2D eigenvalue weighted by molar-refractivity contribution is 8.13. The third-order valence-corrected chi connectivity index (χ3v) is 5.12. The summed E-state index contributed by atoms with van der Waals surface area (Å²) in [6.07, 6.45) is 7.21. The van der Waals surface area contributed by atoms with Crippen LogP contribution in [0.2, 0.25) is 0 Å². The third-order valence-electron chi connectivity index (χ3n) is 4.48. The number of carbonyl (C=O) groups is 2. The second kappa shape index (κ2) is 11.5. The molecule has 0 spiro atoms. The number of nitrogens with one attached hydrogen (secondary N) is 3. The van der Waals surface area contributed by atoms with Gasteiger partial charge in [-0.3, -0.25) is 15.0 Å². The van der Waals surface area contributed by atoms with Crippen LogP contribution >= 0.6 is 11.8 Å². The number of amides is 1. The van der Waals surface area contributed by atoms with Gasteiger partial charge < -0.3 is 15.0 Å². The number of benzene rings is 1. The minimum atomic E-state index is -0.120. The van der Waals surface area contributed by atoms with Gasteiger partial charge in [0.05, 0.1) is 11.7 Å². The molecule has 2 aromatic rings. The van der Waals surface area contributed by atoms with Crippen LogP contribution in [-0.4, -0.2) is 41.3 Å². The van der Waals surface area contributed by atoms with Gasteiger partial charge in [-0.2, -0.15) is 0 Å². The van der Waals surface area contributed by atoms with Gasteiger partial charge in [-0.25, -0.2) is 0 Å². The first kappa shape index (κ1) is 22.0. The summed E-state index contributed by atoms with van der Waals surface area (Å²) in [5.74, 6) is -0.231. The Morgan fingerprint density at radius 3 is 2.64 bits per heavy atom. The van der Waals surface area contributed by atoms with Crippen LogP contribution in [0.1, 0.15) is 61.5 Å². The van der Waals surface area contributed by atoms with Gasteiger partial charge in [0.1, 0.15) is 5.69 Å². The van der Waals surface area contributed by atoms with E-state index in [2.05, 4.69) is 10.3 Å². The van der Waals surface area contributed by atoms with Crippen LogP contribution in [0.3, 0.4) is 0 Å². The zero-order valence-electron chi connectivity index (χ0n) is 16.6. The molecule has 6 nitrogen and oxygen atoms in total. The quantitative estimate of drug-likeness (QED) is 0.223. The summed E-state index contributed by atoms with van der Waals surface area (Å²) >= 11 is 1.39. The standard InChI is InChI=1S/C21H29N3O3S/c1-3-27-19(25)9-7-5-4-6-8-12-23-21(26)18-14-16-13-15(20(22)28-2)10-11-17(16)24-18/h10-11,13-14,22,24H,3-9,12H2,1-2H3,(H,23,26). The number of fused-ring (bicyclic) bond motifs is 1. The lowest BCUT2D eigenvalue weighted by Crippen LogP contribution is -2.24. The lowest BCUT2D eigenvalue weighted by atomic mass is 10.1. The molecule has 3 N–H and O–H groups in total. The molecule has 0 aliphatic rings. The molecule has 1 aromatic heterocycles. The molecule has 0 unspecified atom stereocenters. The van der Waals surface area contributed by atoms with Crippen LogP contribution in [-0.2, 0) is 9.53 Å². The second-order valence-electron chi connectivity index (χ2n) is 6.60. The molecule has 0 aliphatic heterocycles. The van der Waals surface area contributed by atoms with Gasteiger partial charge in [-0.05, 0) is 44.2 Å². The van der Waals surface area contributed by atoms with E-state index in [1.54, 1.807) is 0 Å². The van der Waals surface area contributed by atoms with Gasteiger partial charge in [-0.15, -0.1) is 11.8 Å². The highest BCUT2D eigenvalue weighted by Gasteiger charge is 2.10. The molecule has 0 aliphatic carbocycles. The van der Waals surface area contributed by atoms with E-state index in [9.17, 15) is 9.59 Å². The SMILES string of the molecule is CCOC(=O)CCCCCCCNC(=O)c1cc2cc(C(=N)SC)ccc2[nH]1. The lowest BCUT2D eigenvalue weighted by Gasteiger charge is -2.04. The molecule has 1 heterocycles. The first-order valence-corrected chi connectivity index (χ1v) is 11.0. The largest absolute Gasteiger partial charge is 0.466 e. The molecule has 0 atom stereocenters. The van der Waals surface area contributed by atoms with E-state index in [0.717, 1.165) is 48.6 Å². The van der Waals surface area contributed by atoms with Crippen LogP contribution in [0.15, 0.2) is 24.3 Å². The zero-order chi connectivity index (χ0) is 20.4. The summed E-state index contributed by atoms with van der Waals surface area (Å²) in [5, 5.41) is 12.3. The molecular formula is C21H29N3O3S. The molecule has 152 valence electrons. The van der Waals surface area contributed by atoms with E-state index in [1.807, 2.05) is 37.4 Å². The molecule has 0 radical (unpaired) electrons. The van der Waals surface area contributed by atoms with E-state index in [-0.39, 0.29) is 11.9 Å². The zero-order valence-corrected chi connectivity index (χ0v) is 17.4. The topological polar surface area (TPSA) is 95.0 Å². The number of H-pyrrole nitrogens is 1.